The zero-order valence-electron chi connectivity index (χ0n) is 9.16. The Bertz CT molecular complexity index is 291. The molecule has 0 radical (unpaired) electrons. The van der Waals surface area contributed by atoms with Crippen molar-refractivity contribution in [2.75, 3.05) is 6.54 Å². The van der Waals surface area contributed by atoms with Crippen LogP contribution in [0.3, 0.4) is 0 Å². The number of rotatable bonds is 4. The van der Waals surface area contributed by atoms with Gasteiger partial charge in [0.2, 0.25) is 0 Å². The van der Waals surface area contributed by atoms with E-state index >= 15 is 0 Å². The standard InChI is InChI=1S/C10H18N2OS/c1-7-5-11-9(14-7)8(2)12-6-10(3,4)13/h5,8,12-13H,6H2,1-4H3. The van der Waals surface area contributed by atoms with Gasteiger partial charge in [0.1, 0.15) is 5.01 Å². The fourth-order valence-corrected chi connectivity index (χ4v) is 1.86. The number of aliphatic hydroxyl groups is 1. The Labute approximate surface area is 89.2 Å². The van der Waals surface area contributed by atoms with Crippen molar-refractivity contribution in [3.8, 4) is 0 Å². The average molecular weight is 214 g/mol. The number of thiazole rings is 1. The molecule has 1 atom stereocenters. The monoisotopic (exact) mass is 214 g/mol. The van der Waals surface area contributed by atoms with Crippen LogP contribution in [-0.4, -0.2) is 22.2 Å². The molecule has 2 N–H and O–H groups in total. The van der Waals surface area contributed by atoms with Gasteiger partial charge in [0.15, 0.2) is 0 Å². The third-order valence-corrected chi connectivity index (χ3v) is 2.95. The summed E-state index contributed by atoms with van der Waals surface area (Å²) in [5.74, 6) is 0. The maximum absolute atomic E-state index is 9.54. The summed E-state index contributed by atoms with van der Waals surface area (Å²) in [5.41, 5.74) is -0.666. The summed E-state index contributed by atoms with van der Waals surface area (Å²) in [7, 11) is 0. The van der Waals surface area contributed by atoms with Gasteiger partial charge in [0.25, 0.3) is 0 Å². The van der Waals surface area contributed by atoms with E-state index in [9.17, 15) is 5.11 Å². The average Bonchev–Trinajstić information content (AvgIpc) is 2.46. The Hall–Kier alpha value is -0.450. The lowest BCUT2D eigenvalue weighted by atomic mass is 10.1. The predicted molar refractivity (Wildman–Crippen MR) is 59.6 cm³/mol. The van der Waals surface area contributed by atoms with Crippen LogP contribution in [0.5, 0.6) is 0 Å². The van der Waals surface area contributed by atoms with Crippen LogP contribution in [0.25, 0.3) is 0 Å². The maximum atomic E-state index is 9.54. The first-order valence-corrected chi connectivity index (χ1v) is 5.58. The van der Waals surface area contributed by atoms with Gasteiger partial charge in [-0.15, -0.1) is 11.3 Å². The zero-order valence-corrected chi connectivity index (χ0v) is 9.98. The molecule has 0 fully saturated rings. The number of nitrogens with zero attached hydrogens (tertiary/aromatic N) is 1. The van der Waals surface area contributed by atoms with Crippen LogP contribution in [0.1, 0.15) is 36.7 Å². The fraction of sp³-hybridized carbons (Fsp3) is 0.700. The summed E-state index contributed by atoms with van der Waals surface area (Å²) < 4.78 is 0. The fourth-order valence-electron chi connectivity index (χ4n) is 1.06. The summed E-state index contributed by atoms with van der Waals surface area (Å²) in [6.45, 7) is 8.26. The van der Waals surface area contributed by atoms with Crippen molar-refractivity contribution < 1.29 is 5.11 Å². The van der Waals surface area contributed by atoms with Crippen LogP contribution in [0.4, 0.5) is 0 Å². The summed E-state index contributed by atoms with van der Waals surface area (Å²) in [4.78, 5) is 5.51. The molecule has 1 unspecified atom stereocenters. The van der Waals surface area contributed by atoms with Gasteiger partial charge in [-0.3, -0.25) is 0 Å². The quantitative estimate of drug-likeness (QED) is 0.804. The molecule has 4 heteroatoms. The molecule has 0 saturated heterocycles. The number of nitrogens with one attached hydrogen (secondary N) is 1. The highest BCUT2D eigenvalue weighted by Crippen LogP contribution is 2.19. The second-order valence-electron chi connectivity index (χ2n) is 4.22. The van der Waals surface area contributed by atoms with Crippen molar-refractivity contribution in [1.82, 2.24) is 10.3 Å². The van der Waals surface area contributed by atoms with Crippen molar-refractivity contribution in [1.29, 1.82) is 0 Å². The first kappa shape index (κ1) is 11.6. The van der Waals surface area contributed by atoms with E-state index in [4.69, 9.17) is 0 Å². The first-order valence-electron chi connectivity index (χ1n) is 4.76. The summed E-state index contributed by atoms with van der Waals surface area (Å²) in [6, 6.07) is 0.208. The third kappa shape index (κ3) is 3.74. The minimum Gasteiger partial charge on any atom is -0.389 e. The highest BCUT2D eigenvalue weighted by molar-refractivity contribution is 7.11. The van der Waals surface area contributed by atoms with Crippen molar-refractivity contribution in [3.63, 3.8) is 0 Å². The minimum atomic E-state index is -0.666. The lowest BCUT2D eigenvalue weighted by Gasteiger charge is -2.20. The van der Waals surface area contributed by atoms with Gasteiger partial charge < -0.3 is 10.4 Å². The molecule has 1 aromatic heterocycles. The molecule has 80 valence electrons. The molecular formula is C10H18N2OS. The second kappa shape index (κ2) is 4.38. The molecule has 1 rings (SSSR count). The molecule has 1 aromatic rings. The van der Waals surface area contributed by atoms with Gasteiger partial charge in [-0.05, 0) is 27.7 Å². The minimum absolute atomic E-state index is 0.208. The Morgan fingerprint density at radius 3 is 2.71 bits per heavy atom. The van der Waals surface area contributed by atoms with Crippen LogP contribution in [0, 0.1) is 6.92 Å². The molecule has 0 aliphatic heterocycles. The first-order chi connectivity index (χ1) is 6.38. The molecule has 3 nitrogen and oxygen atoms in total. The Morgan fingerprint density at radius 2 is 2.29 bits per heavy atom. The SMILES string of the molecule is Cc1cnc(C(C)NCC(C)(C)O)s1. The van der Waals surface area contributed by atoms with E-state index < -0.39 is 5.60 Å². The van der Waals surface area contributed by atoms with Gasteiger partial charge in [-0.1, -0.05) is 0 Å². The van der Waals surface area contributed by atoms with E-state index in [1.807, 2.05) is 13.1 Å². The largest absolute Gasteiger partial charge is 0.389 e. The van der Waals surface area contributed by atoms with Gasteiger partial charge in [-0.25, -0.2) is 4.98 Å². The van der Waals surface area contributed by atoms with E-state index in [-0.39, 0.29) is 6.04 Å². The smallest absolute Gasteiger partial charge is 0.109 e. The van der Waals surface area contributed by atoms with E-state index in [1.165, 1.54) is 4.88 Å². The molecule has 0 bridgehead atoms. The molecule has 0 aliphatic carbocycles. The molecule has 0 amide bonds. The van der Waals surface area contributed by atoms with Crippen molar-refractivity contribution in [2.24, 2.45) is 0 Å². The van der Waals surface area contributed by atoms with Crippen molar-refractivity contribution in [2.45, 2.75) is 39.3 Å². The molecule has 0 spiro atoms. The lowest BCUT2D eigenvalue weighted by molar-refractivity contribution is 0.0770. The number of hydrogen-bond donors (Lipinski definition) is 2. The lowest BCUT2D eigenvalue weighted by Crippen LogP contribution is -2.36. The molecule has 0 aliphatic rings. The Morgan fingerprint density at radius 1 is 1.64 bits per heavy atom. The molecule has 14 heavy (non-hydrogen) atoms. The summed E-state index contributed by atoms with van der Waals surface area (Å²) in [5, 5.41) is 13.9. The molecule has 1 heterocycles. The summed E-state index contributed by atoms with van der Waals surface area (Å²) >= 11 is 1.69. The van der Waals surface area contributed by atoms with Crippen LogP contribution < -0.4 is 5.32 Å². The number of aryl methyl sites for hydroxylation is 1. The van der Waals surface area contributed by atoms with E-state index in [0.29, 0.717) is 6.54 Å². The predicted octanol–water partition coefficient (Wildman–Crippen LogP) is 1.87. The van der Waals surface area contributed by atoms with Crippen LogP contribution >= 0.6 is 11.3 Å². The van der Waals surface area contributed by atoms with Gasteiger partial charge in [0.05, 0.1) is 11.6 Å². The van der Waals surface area contributed by atoms with Crippen LogP contribution in [0.15, 0.2) is 6.20 Å². The third-order valence-electron chi connectivity index (χ3n) is 1.85. The van der Waals surface area contributed by atoms with Gasteiger partial charge in [0, 0.05) is 17.6 Å². The second-order valence-corrected chi connectivity index (χ2v) is 5.49. The van der Waals surface area contributed by atoms with Gasteiger partial charge in [-0.2, -0.15) is 0 Å². The van der Waals surface area contributed by atoms with Crippen LogP contribution in [0.2, 0.25) is 0 Å². The summed E-state index contributed by atoms with van der Waals surface area (Å²) in [6.07, 6.45) is 1.88. The Balaban J connectivity index is 2.47. The molecule has 0 saturated carbocycles. The molecular weight excluding hydrogens is 196 g/mol. The van der Waals surface area contributed by atoms with Gasteiger partial charge >= 0.3 is 0 Å². The maximum Gasteiger partial charge on any atom is 0.109 e. The van der Waals surface area contributed by atoms with Crippen molar-refractivity contribution in [3.05, 3.63) is 16.1 Å². The topological polar surface area (TPSA) is 45.2 Å². The van der Waals surface area contributed by atoms with E-state index in [1.54, 1.807) is 25.2 Å². The highest BCUT2D eigenvalue weighted by atomic mass is 32.1. The normalized spacial score (nSPS) is 14.4. The van der Waals surface area contributed by atoms with E-state index in [2.05, 4.69) is 17.2 Å². The Kier molecular flexibility index (Phi) is 3.64. The molecule has 0 aromatic carbocycles. The number of hydrogen-bond acceptors (Lipinski definition) is 4. The number of aromatic nitrogens is 1. The van der Waals surface area contributed by atoms with Crippen molar-refractivity contribution >= 4 is 11.3 Å². The highest BCUT2D eigenvalue weighted by Gasteiger charge is 2.15. The van der Waals surface area contributed by atoms with E-state index in [0.717, 1.165) is 5.01 Å². The van der Waals surface area contributed by atoms with Crippen LogP contribution in [-0.2, 0) is 0 Å². The zero-order chi connectivity index (χ0) is 10.8.